The van der Waals surface area contributed by atoms with Crippen molar-refractivity contribution < 1.29 is 4.39 Å². The van der Waals surface area contributed by atoms with Crippen molar-refractivity contribution in [1.29, 1.82) is 0 Å². The molecule has 0 spiro atoms. The van der Waals surface area contributed by atoms with Gasteiger partial charge in [0.05, 0.1) is 0 Å². The molecule has 0 amide bonds. The summed E-state index contributed by atoms with van der Waals surface area (Å²) in [5.74, 6) is 0.303. The molecule has 2 unspecified atom stereocenters. The molecule has 0 aliphatic heterocycles. The minimum atomic E-state index is -0.175. The molecule has 1 N–H and O–H groups in total. The summed E-state index contributed by atoms with van der Waals surface area (Å²) in [6.07, 6.45) is 0.886. The summed E-state index contributed by atoms with van der Waals surface area (Å²) >= 11 is 3.32. The maximum Gasteiger partial charge on any atom is 0.124 e. The Balaban J connectivity index is 2.63. The van der Waals surface area contributed by atoms with Gasteiger partial charge in [-0.05, 0) is 43.0 Å². The van der Waals surface area contributed by atoms with E-state index in [1.807, 2.05) is 6.07 Å². The molecule has 3 heteroatoms. The second kappa shape index (κ2) is 6.50. The molecular formula is C14H21BrFN. The maximum absolute atomic E-state index is 13.2. The minimum Gasteiger partial charge on any atom is -0.312 e. The Kier molecular flexibility index (Phi) is 5.60. The second-order valence-corrected chi connectivity index (χ2v) is 5.98. The van der Waals surface area contributed by atoms with Crippen LogP contribution in [0.4, 0.5) is 4.39 Å². The highest BCUT2D eigenvalue weighted by atomic mass is 79.9. The highest BCUT2D eigenvalue weighted by Gasteiger charge is 2.14. The van der Waals surface area contributed by atoms with E-state index < -0.39 is 0 Å². The van der Waals surface area contributed by atoms with Crippen molar-refractivity contribution >= 4 is 15.9 Å². The van der Waals surface area contributed by atoms with Crippen LogP contribution in [0.2, 0.25) is 0 Å². The summed E-state index contributed by atoms with van der Waals surface area (Å²) in [6, 6.07) is 6.00. The number of hydrogen-bond acceptors (Lipinski definition) is 1. The van der Waals surface area contributed by atoms with Crippen molar-refractivity contribution in [2.24, 2.45) is 5.92 Å². The van der Waals surface area contributed by atoms with Crippen LogP contribution in [-0.2, 0) is 6.42 Å². The Hall–Kier alpha value is -0.410. The highest BCUT2D eigenvalue weighted by Crippen LogP contribution is 2.19. The van der Waals surface area contributed by atoms with Crippen molar-refractivity contribution in [1.82, 2.24) is 5.32 Å². The average molecular weight is 302 g/mol. The van der Waals surface area contributed by atoms with E-state index in [0.717, 1.165) is 16.5 Å². The fraction of sp³-hybridized carbons (Fsp3) is 0.571. The lowest BCUT2D eigenvalue weighted by Crippen LogP contribution is -2.37. The van der Waals surface area contributed by atoms with Crippen molar-refractivity contribution in [2.45, 2.75) is 46.2 Å². The molecule has 0 radical (unpaired) electrons. The molecule has 0 saturated carbocycles. The predicted molar refractivity (Wildman–Crippen MR) is 74.7 cm³/mol. The minimum absolute atomic E-state index is 0.175. The Labute approximate surface area is 112 Å². The molecular weight excluding hydrogens is 281 g/mol. The summed E-state index contributed by atoms with van der Waals surface area (Å²) < 4.78 is 14.1. The lowest BCUT2D eigenvalue weighted by Gasteiger charge is -2.23. The molecule has 1 aromatic carbocycles. The fourth-order valence-corrected chi connectivity index (χ4v) is 2.48. The summed E-state index contributed by atoms with van der Waals surface area (Å²) in [6.45, 7) is 8.65. The van der Waals surface area contributed by atoms with Gasteiger partial charge in [0.25, 0.3) is 0 Å². The van der Waals surface area contributed by atoms with Gasteiger partial charge in [-0.25, -0.2) is 4.39 Å². The molecule has 0 bridgehead atoms. The van der Waals surface area contributed by atoms with Gasteiger partial charge in [0.1, 0.15) is 5.82 Å². The van der Waals surface area contributed by atoms with Crippen molar-refractivity contribution in [2.75, 3.05) is 0 Å². The smallest absolute Gasteiger partial charge is 0.124 e. The quantitative estimate of drug-likeness (QED) is 0.861. The van der Waals surface area contributed by atoms with Crippen molar-refractivity contribution in [3.8, 4) is 0 Å². The Morgan fingerprint density at radius 3 is 2.35 bits per heavy atom. The normalized spacial score (nSPS) is 15.0. The average Bonchev–Trinajstić information content (AvgIpc) is 2.14. The van der Waals surface area contributed by atoms with Gasteiger partial charge >= 0.3 is 0 Å². The zero-order chi connectivity index (χ0) is 13.0. The largest absolute Gasteiger partial charge is 0.312 e. The Morgan fingerprint density at radius 2 is 1.82 bits per heavy atom. The molecule has 1 rings (SSSR count). The predicted octanol–water partition coefficient (Wildman–Crippen LogP) is 4.15. The van der Waals surface area contributed by atoms with E-state index in [2.05, 4.69) is 48.9 Å². The van der Waals surface area contributed by atoms with Crippen LogP contribution < -0.4 is 5.32 Å². The first kappa shape index (κ1) is 14.7. The third kappa shape index (κ3) is 5.17. The lowest BCUT2D eigenvalue weighted by molar-refractivity contribution is 0.371. The van der Waals surface area contributed by atoms with E-state index in [1.54, 1.807) is 6.07 Å². The molecule has 2 atom stereocenters. The van der Waals surface area contributed by atoms with E-state index >= 15 is 0 Å². The number of rotatable bonds is 5. The SMILES string of the molecule is CC(C)NC(C)C(C)Cc1cc(F)cc(Br)c1. The fourth-order valence-electron chi connectivity index (χ4n) is 1.97. The third-order valence-corrected chi connectivity index (χ3v) is 3.39. The Bertz CT molecular complexity index is 345. The molecule has 1 nitrogen and oxygen atoms in total. The van der Waals surface area contributed by atoms with E-state index in [9.17, 15) is 4.39 Å². The van der Waals surface area contributed by atoms with E-state index in [1.165, 1.54) is 6.07 Å². The van der Waals surface area contributed by atoms with Crippen LogP contribution in [0.1, 0.15) is 33.3 Å². The topological polar surface area (TPSA) is 12.0 Å². The van der Waals surface area contributed by atoms with Crippen molar-refractivity contribution in [3.05, 3.63) is 34.1 Å². The zero-order valence-corrected chi connectivity index (χ0v) is 12.5. The van der Waals surface area contributed by atoms with Gasteiger partial charge < -0.3 is 5.32 Å². The summed E-state index contributed by atoms with van der Waals surface area (Å²) in [5.41, 5.74) is 1.04. The molecule has 0 aromatic heterocycles. The first-order valence-corrected chi connectivity index (χ1v) is 6.88. The van der Waals surface area contributed by atoms with Gasteiger partial charge in [0, 0.05) is 16.6 Å². The van der Waals surface area contributed by atoms with Gasteiger partial charge in [-0.1, -0.05) is 36.7 Å². The molecule has 0 heterocycles. The van der Waals surface area contributed by atoms with Crippen LogP contribution in [0.25, 0.3) is 0 Å². The molecule has 0 saturated heterocycles. The molecule has 1 aromatic rings. The molecule has 17 heavy (non-hydrogen) atoms. The summed E-state index contributed by atoms with van der Waals surface area (Å²) in [7, 11) is 0. The standard InChI is InChI=1S/C14H21BrFN/c1-9(2)17-11(4)10(3)5-12-6-13(15)8-14(16)7-12/h6-11,17H,5H2,1-4H3. The first-order chi connectivity index (χ1) is 7.88. The van der Waals surface area contributed by atoms with E-state index in [4.69, 9.17) is 0 Å². The summed E-state index contributed by atoms with van der Waals surface area (Å²) in [4.78, 5) is 0. The maximum atomic E-state index is 13.2. The molecule has 96 valence electrons. The third-order valence-electron chi connectivity index (χ3n) is 2.93. The number of halogens is 2. The van der Waals surface area contributed by atoms with E-state index in [0.29, 0.717) is 18.0 Å². The number of hydrogen-bond donors (Lipinski definition) is 1. The number of nitrogens with one attached hydrogen (secondary N) is 1. The lowest BCUT2D eigenvalue weighted by atomic mass is 9.94. The molecule has 0 aliphatic carbocycles. The first-order valence-electron chi connectivity index (χ1n) is 6.09. The number of benzene rings is 1. The van der Waals surface area contributed by atoms with Gasteiger partial charge in [0.15, 0.2) is 0 Å². The summed E-state index contributed by atoms with van der Waals surface area (Å²) in [5, 5.41) is 3.49. The highest BCUT2D eigenvalue weighted by molar-refractivity contribution is 9.10. The van der Waals surface area contributed by atoms with Crippen LogP contribution >= 0.6 is 15.9 Å². The Morgan fingerprint density at radius 1 is 1.18 bits per heavy atom. The van der Waals surface area contributed by atoms with Gasteiger partial charge in [-0.3, -0.25) is 0 Å². The van der Waals surface area contributed by atoms with Crippen LogP contribution in [0, 0.1) is 11.7 Å². The van der Waals surface area contributed by atoms with E-state index in [-0.39, 0.29) is 5.82 Å². The zero-order valence-electron chi connectivity index (χ0n) is 10.9. The van der Waals surface area contributed by atoms with Gasteiger partial charge in [-0.15, -0.1) is 0 Å². The van der Waals surface area contributed by atoms with Gasteiger partial charge in [0.2, 0.25) is 0 Å². The van der Waals surface area contributed by atoms with Crippen LogP contribution in [0.15, 0.2) is 22.7 Å². The van der Waals surface area contributed by atoms with Crippen LogP contribution in [0.3, 0.4) is 0 Å². The monoisotopic (exact) mass is 301 g/mol. The van der Waals surface area contributed by atoms with Crippen LogP contribution in [0.5, 0.6) is 0 Å². The van der Waals surface area contributed by atoms with Gasteiger partial charge in [-0.2, -0.15) is 0 Å². The van der Waals surface area contributed by atoms with Crippen molar-refractivity contribution in [3.63, 3.8) is 0 Å². The molecule has 0 aliphatic rings. The van der Waals surface area contributed by atoms with Crippen LogP contribution in [-0.4, -0.2) is 12.1 Å². The second-order valence-electron chi connectivity index (χ2n) is 5.07. The molecule has 0 fully saturated rings.